The highest BCUT2D eigenvalue weighted by atomic mass is 32.2. The highest BCUT2D eigenvalue weighted by Gasteiger charge is 2.33. The van der Waals surface area contributed by atoms with Crippen molar-refractivity contribution >= 4 is 51.7 Å². The van der Waals surface area contributed by atoms with Crippen LogP contribution in [0.5, 0.6) is 5.75 Å². The number of hydrogen-bond acceptors (Lipinski definition) is 7. The Morgan fingerprint density at radius 1 is 1.06 bits per heavy atom. The van der Waals surface area contributed by atoms with Gasteiger partial charge in [-0.2, -0.15) is 0 Å². The van der Waals surface area contributed by atoms with Crippen molar-refractivity contribution in [1.29, 1.82) is 0 Å². The van der Waals surface area contributed by atoms with Crippen LogP contribution in [0.15, 0.2) is 58.4 Å². The molecule has 9 heteroatoms. The standard InChI is InChI=1S/C26H26N4O3S2/c1-33-19-11-9-18(10-12-19)17-30-25(32)21(35-26(30)34)16-20-23(28-13-5-2-3-6-14-28)27-22-8-4-7-15-29(22)24(20)31/h4,7-12,15-16H,2-3,5-6,13-14,17H2,1H3/b21-16+. The van der Waals surface area contributed by atoms with Gasteiger partial charge in [0.15, 0.2) is 0 Å². The maximum Gasteiger partial charge on any atom is 0.267 e. The molecule has 2 aromatic heterocycles. The number of anilines is 1. The Morgan fingerprint density at radius 3 is 2.51 bits per heavy atom. The van der Waals surface area contributed by atoms with Gasteiger partial charge >= 0.3 is 0 Å². The SMILES string of the molecule is COc1ccc(CN2C(=O)/C(=C\c3c(N4CCCCCC4)nc4ccccn4c3=O)SC2=S)cc1. The largest absolute Gasteiger partial charge is 0.497 e. The van der Waals surface area contributed by atoms with Crippen molar-refractivity contribution in [3.05, 3.63) is 75.0 Å². The van der Waals surface area contributed by atoms with E-state index in [1.54, 1.807) is 30.3 Å². The second-order valence-corrected chi connectivity index (χ2v) is 10.3. The fraction of sp³-hybridized carbons (Fsp3) is 0.308. The minimum absolute atomic E-state index is 0.185. The molecule has 0 radical (unpaired) electrons. The van der Waals surface area contributed by atoms with Crippen LogP contribution in [0.1, 0.15) is 36.8 Å². The average molecular weight is 507 g/mol. The van der Waals surface area contributed by atoms with E-state index in [1.807, 2.05) is 36.4 Å². The van der Waals surface area contributed by atoms with E-state index in [4.69, 9.17) is 21.9 Å². The van der Waals surface area contributed by atoms with Crippen LogP contribution in [0.4, 0.5) is 5.82 Å². The fourth-order valence-corrected chi connectivity index (χ4v) is 5.66. The molecule has 0 spiro atoms. The zero-order valence-corrected chi connectivity index (χ0v) is 21.1. The molecule has 0 unspecified atom stereocenters. The number of amides is 1. The molecule has 35 heavy (non-hydrogen) atoms. The van der Waals surface area contributed by atoms with Crippen LogP contribution < -0.4 is 15.2 Å². The molecule has 0 N–H and O–H groups in total. The van der Waals surface area contributed by atoms with Gasteiger partial charge in [-0.3, -0.25) is 18.9 Å². The summed E-state index contributed by atoms with van der Waals surface area (Å²) in [5.74, 6) is 1.20. The van der Waals surface area contributed by atoms with E-state index in [9.17, 15) is 9.59 Å². The van der Waals surface area contributed by atoms with Gasteiger partial charge in [-0.05, 0) is 48.7 Å². The lowest BCUT2D eigenvalue weighted by Gasteiger charge is -2.23. The van der Waals surface area contributed by atoms with Crippen molar-refractivity contribution in [2.75, 3.05) is 25.1 Å². The van der Waals surface area contributed by atoms with Crippen LogP contribution in [0.25, 0.3) is 11.7 Å². The molecule has 1 aromatic carbocycles. The molecule has 0 bridgehead atoms. The number of aromatic nitrogens is 2. The number of methoxy groups -OCH3 is 1. The number of rotatable bonds is 5. The Balaban J connectivity index is 1.52. The molecule has 5 rings (SSSR count). The lowest BCUT2D eigenvalue weighted by molar-refractivity contribution is -0.122. The first-order valence-electron chi connectivity index (χ1n) is 11.7. The van der Waals surface area contributed by atoms with Crippen molar-refractivity contribution in [3.63, 3.8) is 0 Å². The van der Waals surface area contributed by atoms with Gasteiger partial charge in [0.05, 0.1) is 24.1 Å². The van der Waals surface area contributed by atoms with E-state index in [2.05, 4.69) is 4.90 Å². The summed E-state index contributed by atoms with van der Waals surface area (Å²) in [6.45, 7) is 2.05. The molecule has 2 aliphatic rings. The lowest BCUT2D eigenvalue weighted by atomic mass is 10.2. The molecule has 0 atom stereocenters. The maximum absolute atomic E-state index is 13.6. The summed E-state index contributed by atoms with van der Waals surface area (Å²) in [5.41, 5.74) is 1.79. The third-order valence-electron chi connectivity index (χ3n) is 6.30. The van der Waals surface area contributed by atoms with E-state index in [-0.39, 0.29) is 11.5 Å². The lowest BCUT2D eigenvalue weighted by Crippen LogP contribution is -2.30. The van der Waals surface area contributed by atoms with Gasteiger partial charge in [-0.15, -0.1) is 0 Å². The Morgan fingerprint density at radius 2 is 1.80 bits per heavy atom. The number of pyridine rings is 1. The smallest absolute Gasteiger partial charge is 0.267 e. The second kappa shape index (κ2) is 10.2. The summed E-state index contributed by atoms with van der Waals surface area (Å²) in [6, 6.07) is 13.1. The first-order chi connectivity index (χ1) is 17.0. The molecular weight excluding hydrogens is 480 g/mol. The molecule has 0 saturated carbocycles. The Hall–Kier alpha value is -3.17. The third-order valence-corrected chi connectivity index (χ3v) is 7.68. The van der Waals surface area contributed by atoms with Crippen molar-refractivity contribution in [2.45, 2.75) is 32.2 Å². The summed E-state index contributed by atoms with van der Waals surface area (Å²) in [7, 11) is 1.62. The van der Waals surface area contributed by atoms with Crippen LogP contribution in [-0.4, -0.2) is 44.7 Å². The molecule has 1 amide bonds. The van der Waals surface area contributed by atoms with Gasteiger partial charge in [-0.25, -0.2) is 4.98 Å². The van der Waals surface area contributed by atoms with Gasteiger partial charge in [0.1, 0.15) is 21.5 Å². The zero-order valence-electron chi connectivity index (χ0n) is 19.5. The van der Waals surface area contributed by atoms with E-state index in [0.717, 1.165) is 37.2 Å². The molecule has 2 fully saturated rings. The zero-order chi connectivity index (χ0) is 24.4. The van der Waals surface area contributed by atoms with Crippen LogP contribution in [0, 0.1) is 0 Å². The number of carbonyl (C=O) groups excluding carboxylic acids is 1. The summed E-state index contributed by atoms with van der Waals surface area (Å²) in [4.78, 5) is 36.0. The number of carbonyl (C=O) groups is 1. The van der Waals surface area contributed by atoms with Crippen molar-refractivity contribution in [2.24, 2.45) is 0 Å². The van der Waals surface area contributed by atoms with Crippen LogP contribution in [-0.2, 0) is 11.3 Å². The molecular formula is C26H26N4O3S2. The topological polar surface area (TPSA) is 67.2 Å². The number of ether oxygens (including phenoxy) is 1. The number of benzene rings is 1. The highest BCUT2D eigenvalue weighted by molar-refractivity contribution is 8.26. The Kier molecular flexibility index (Phi) is 6.88. The molecule has 2 saturated heterocycles. The van der Waals surface area contributed by atoms with Crippen molar-refractivity contribution in [3.8, 4) is 5.75 Å². The quantitative estimate of drug-likeness (QED) is 0.373. The molecule has 0 aliphatic carbocycles. The van der Waals surface area contributed by atoms with E-state index in [1.165, 1.54) is 29.0 Å². The van der Waals surface area contributed by atoms with E-state index < -0.39 is 0 Å². The molecule has 7 nitrogen and oxygen atoms in total. The predicted octanol–water partition coefficient (Wildman–Crippen LogP) is 4.48. The number of fused-ring (bicyclic) bond motifs is 1. The molecule has 3 aromatic rings. The molecule has 2 aliphatic heterocycles. The fourth-order valence-electron chi connectivity index (χ4n) is 4.42. The first-order valence-corrected chi connectivity index (χ1v) is 12.9. The van der Waals surface area contributed by atoms with Crippen molar-refractivity contribution in [1.82, 2.24) is 14.3 Å². The van der Waals surface area contributed by atoms with Crippen LogP contribution in [0.2, 0.25) is 0 Å². The monoisotopic (exact) mass is 506 g/mol. The Bertz CT molecular complexity index is 1360. The summed E-state index contributed by atoms with van der Waals surface area (Å²) >= 11 is 6.76. The summed E-state index contributed by atoms with van der Waals surface area (Å²) in [6.07, 6.45) is 7.84. The van der Waals surface area contributed by atoms with Crippen molar-refractivity contribution < 1.29 is 9.53 Å². The predicted molar refractivity (Wildman–Crippen MR) is 144 cm³/mol. The normalized spacial score (nSPS) is 17.9. The van der Waals surface area contributed by atoms with E-state index in [0.29, 0.717) is 32.8 Å². The van der Waals surface area contributed by atoms with Gasteiger partial charge < -0.3 is 9.64 Å². The second-order valence-electron chi connectivity index (χ2n) is 8.60. The third kappa shape index (κ3) is 4.83. The number of thiocarbonyl (C=S) groups is 1. The number of thioether (sulfide) groups is 1. The minimum atomic E-state index is -0.199. The summed E-state index contributed by atoms with van der Waals surface area (Å²) in [5, 5.41) is 0. The van der Waals surface area contributed by atoms with Crippen LogP contribution in [0.3, 0.4) is 0 Å². The highest BCUT2D eigenvalue weighted by Crippen LogP contribution is 2.35. The average Bonchev–Trinajstić information content (AvgIpc) is 3.05. The van der Waals surface area contributed by atoms with Crippen LogP contribution >= 0.6 is 24.0 Å². The van der Waals surface area contributed by atoms with E-state index >= 15 is 0 Å². The minimum Gasteiger partial charge on any atom is -0.497 e. The molecule has 180 valence electrons. The maximum atomic E-state index is 13.6. The Labute approximate surface area is 213 Å². The van der Waals surface area contributed by atoms with Gasteiger partial charge in [0.25, 0.3) is 11.5 Å². The number of hydrogen-bond donors (Lipinski definition) is 0. The number of nitrogens with zero attached hydrogens (tertiary/aromatic N) is 4. The van der Waals surface area contributed by atoms with Gasteiger partial charge in [0, 0.05) is 19.3 Å². The summed E-state index contributed by atoms with van der Waals surface area (Å²) < 4.78 is 7.22. The first kappa shape index (κ1) is 23.6. The van der Waals surface area contributed by atoms with Gasteiger partial charge in [0.2, 0.25) is 0 Å². The van der Waals surface area contributed by atoms with Gasteiger partial charge in [-0.1, -0.05) is 55.0 Å². The molecule has 4 heterocycles.